The molecular weight excluding hydrogens is 360 g/mol. The van der Waals surface area contributed by atoms with Crippen molar-refractivity contribution in [3.8, 4) is 5.75 Å². The molecule has 5 heteroatoms. The molecule has 1 rings (SSSR count). The molecule has 4 nitrogen and oxygen atoms in total. The van der Waals surface area contributed by atoms with Gasteiger partial charge in [0.25, 0.3) is 10.1 Å². The van der Waals surface area contributed by atoms with Crippen LogP contribution in [0.3, 0.4) is 0 Å². The van der Waals surface area contributed by atoms with E-state index in [1.807, 2.05) is 0 Å². The van der Waals surface area contributed by atoms with Crippen LogP contribution >= 0.6 is 0 Å². The molecule has 0 aromatic heterocycles. The van der Waals surface area contributed by atoms with Crippen LogP contribution in [0.5, 0.6) is 5.75 Å². The molecule has 156 valence electrons. The number of phenolic OH excluding ortho intramolecular Hbond substituents is 1. The maximum Gasteiger partial charge on any atom is 0.295 e. The summed E-state index contributed by atoms with van der Waals surface area (Å²) in [6, 6.07) is 3.02. The molecule has 2 N–H and O–H groups in total. The molecule has 0 bridgehead atoms. The van der Waals surface area contributed by atoms with Gasteiger partial charge in [0.15, 0.2) is 0 Å². The van der Waals surface area contributed by atoms with Crippen molar-refractivity contribution >= 4 is 10.1 Å². The van der Waals surface area contributed by atoms with Crippen molar-refractivity contribution in [2.24, 2.45) is 17.8 Å². The Balaban J connectivity index is 2.50. The maximum atomic E-state index is 11.7. The first-order chi connectivity index (χ1) is 12.5. The number of hydrogen-bond acceptors (Lipinski definition) is 3. The molecule has 27 heavy (non-hydrogen) atoms. The standard InChI is InChI=1S/C22H38O4S/c1-16(2)8-6-9-17(3)10-7-11-18(4)12-14-20-21(23)15-13-19(5)22(20)27(24,25)26/h13,15-18,23H,6-12,14H2,1-5H3,(H,24,25,26). The molecule has 2 unspecified atom stereocenters. The lowest BCUT2D eigenvalue weighted by molar-refractivity contribution is 0.390. The largest absolute Gasteiger partial charge is 0.508 e. The first-order valence-electron chi connectivity index (χ1n) is 10.3. The van der Waals surface area contributed by atoms with E-state index in [1.54, 1.807) is 6.92 Å². The van der Waals surface area contributed by atoms with Crippen molar-refractivity contribution in [3.63, 3.8) is 0 Å². The van der Waals surface area contributed by atoms with Gasteiger partial charge in [-0.25, -0.2) is 0 Å². The minimum atomic E-state index is -4.34. The molecular formula is C22H38O4S. The van der Waals surface area contributed by atoms with Gasteiger partial charge in [0.1, 0.15) is 10.6 Å². The Morgan fingerprint density at radius 2 is 1.41 bits per heavy atom. The monoisotopic (exact) mass is 398 g/mol. The number of aryl methyl sites for hydroxylation is 1. The summed E-state index contributed by atoms with van der Waals surface area (Å²) >= 11 is 0. The van der Waals surface area contributed by atoms with E-state index in [9.17, 15) is 18.1 Å². The van der Waals surface area contributed by atoms with Crippen molar-refractivity contribution in [2.75, 3.05) is 0 Å². The van der Waals surface area contributed by atoms with E-state index in [4.69, 9.17) is 0 Å². The average molecular weight is 399 g/mol. The van der Waals surface area contributed by atoms with Gasteiger partial charge in [-0.05, 0) is 49.1 Å². The summed E-state index contributed by atoms with van der Waals surface area (Å²) in [6.07, 6.45) is 8.65. The Kier molecular flexibility index (Phi) is 9.82. The molecule has 0 heterocycles. The zero-order valence-electron chi connectivity index (χ0n) is 17.7. The lowest BCUT2D eigenvalue weighted by Gasteiger charge is -2.17. The Hall–Kier alpha value is -1.07. The van der Waals surface area contributed by atoms with Crippen LogP contribution in [-0.4, -0.2) is 18.1 Å². The zero-order chi connectivity index (χ0) is 20.6. The van der Waals surface area contributed by atoms with Crippen LogP contribution in [0.15, 0.2) is 17.0 Å². The predicted molar refractivity (Wildman–Crippen MR) is 112 cm³/mol. The van der Waals surface area contributed by atoms with E-state index in [1.165, 1.54) is 44.2 Å². The van der Waals surface area contributed by atoms with E-state index in [2.05, 4.69) is 27.7 Å². The first kappa shape index (κ1) is 24.0. The Morgan fingerprint density at radius 3 is 1.93 bits per heavy atom. The minimum absolute atomic E-state index is 0.0563. The Morgan fingerprint density at radius 1 is 0.889 bits per heavy atom. The van der Waals surface area contributed by atoms with Crippen molar-refractivity contribution in [1.82, 2.24) is 0 Å². The third-order valence-corrected chi connectivity index (χ3v) is 6.53. The summed E-state index contributed by atoms with van der Waals surface area (Å²) in [6.45, 7) is 10.7. The van der Waals surface area contributed by atoms with E-state index in [-0.39, 0.29) is 10.6 Å². The van der Waals surface area contributed by atoms with E-state index in [0.717, 1.165) is 24.7 Å². The highest BCUT2D eigenvalue weighted by Crippen LogP contribution is 2.31. The van der Waals surface area contributed by atoms with Crippen molar-refractivity contribution in [1.29, 1.82) is 0 Å². The number of benzene rings is 1. The van der Waals surface area contributed by atoms with Gasteiger partial charge in [-0.15, -0.1) is 0 Å². The predicted octanol–water partition coefficient (Wildman–Crippen LogP) is 6.15. The van der Waals surface area contributed by atoms with Gasteiger partial charge in [-0.1, -0.05) is 72.3 Å². The molecule has 0 aliphatic rings. The summed E-state index contributed by atoms with van der Waals surface area (Å²) in [5.74, 6) is 1.92. The van der Waals surface area contributed by atoms with Crippen LogP contribution in [-0.2, 0) is 16.5 Å². The smallest absolute Gasteiger partial charge is 0.295 e. The third kappa shape index (κ3) is 8.65. The third-order valence-electron chi connectivity index (χ3n) is 5.45. The molecule has 2 atom stereocenters. The molecule has 0 saturated heterocycles. The summed E-state index contributed by atoms with van der Waals surface area (Å²) in [4.78, 5) is -0.131. The van der Waals surface area contributed by atoms with Crippen molar-refractivity contribution in [2.45, 2.75) is 90.9 Å². The molecule has 0 radical (unpaired) electrons. The summed E-state index contributed by atoms with van der Waals surface area (Å²) in [5.41, 5.74) is 0.805. The highest BCUT2D eigenvalue weighted by molar-refractivity contribution is 7.86. The second kappa shape index (κ2) is 11.1. The highest BCUT2D eigenvalue weighted by atomic mass is 32.2. The maximum absolute atomic E-state index is 11.7. The molecule has 1 aromatic carbocycles. The summed E-state index contributed by atoms with van der Waals surface area (Å²) < 4.78 is 32.9. The van der Waals surface area contributed by atoms with E-state index in [0.29, 0.717) is 23.5 Å². The lowest BCUT2D eigenvalue weighted by atomic mass is 9.91. The summed E-state index contributed by atoms with van der Waals surface area (Å²) in [5, 5.41) is 10.1. The SMILES string of the molecule is Cc1ccc(O)c(CCC(C)CCCC(C)CCCC(C)C)c1S(=O)(=O)O. The van der Waals surface area contributed by atoms with Gasteiger partial charge in [-0.3, -0.25) is 4.55 Å². The van der Waals surface area contributed by atoms with Gasteiger partial charge < -0.3 is 5.11 Å². The minimum Gasteiger partial charge on any atom is -0.508 e. The van der Waals surface area contributed by atoms with Gasteiger partial charge in [-0.2, -0.15) is 8.42 Å². The molecule has 0 aliphatic heterocycles. The normalized spacial score (nSPS) is 14.5. The van der Waals surface area contributed by atoms with Crippen LogP contribution in [0, 0.1) is 24.7 Å². The lowest BCUT2D eigenvalue weighted by Crippen LogP contribution is -2.08. The van der Waals surface area contributed by atoms with Crippen LogP contribution in [0.2, 0.25) is 0 Å². The average Bonchev–Trinajstić information content (AvgIpc) is 2.54. The first-order valence-corrected chi connectivity index (χ1v) is 11.7. The number of aromatic hydroxyl groups is 1. The molecule has 0 fully saturated rings. The topological polar surface area (TPSA) is 74.6 Å². The number of phenols is 1. The fraction of sp³-hybridized carbons (Fsp3) is 0.727. The Labute approximate surface area is 166 Å². The van der Waals surface area contributed by atoms with E-state index >= 15 is 0 Å². The molecule has 0 spiro atoms. The number of hydrogen-bond donors (Lipinski definition) is 2. The summed E-state index contributed by atoms with van der Waals surface area (Å²) in [7, 11) is -4.34. The van der Waals surface area contributed by atoms with Crippen LogP contribution in [0.25, 0.3) is 0 Å². The second-order valence-electron chi connectivity index (χ2n) is 8.69. The van der Waals surface area contributed by atoms with Gasteiger partial charge in [0.05, 0.1) is 0 Å². The van der Waals surface area contributed by atoms with Crippen LogP contribution < -0.4 is 0 Å². The van der Waals surface area contributed by atoms with Gasteiger partial charge in [0, 0.05) is 5.56 Å². The molecule has 1 aromatic rings. The molecule has 0 aliphatic carbocycles. The van der Waals surface area contributed by atoms with Crippen LogP contribution in [0.1, 0.15) is 83.8 Å². The van der Waals surface area contributed by atoms with Crippen molar-refractivity contribution < 1.29 is 18.1 Å². The second-order valence-corrected chi connectivity index (χ2v) is 10.0. The van der Waals surface area contributed by atoms with Crippen molar-refractivity contribution in [3.05, 3.63) is 23.3 Å². The fourth-order valence-corrected chi connectivity index (χ4v) is 4.70. The number of rotatable bonds is 12. The van der Waals surface area contributed by atoms with Gasteiger partial charge >= 0.3 is 0 Å². The van der Waals surface area contributed by atoms with Crippen LogP contribution in [0.4, 0.5) is 0 Å². The molecule has 0 saturated carbocycles. The van der Waals surface area contributed by atoms with Gasteiger partial charge in [0.2, 0.25) is 0 Å². The molecule has 0 amide bonds. The zero-order valence-corrected chi connectivity index (χ0v) is 18.5. The Bertz CT molecular complexity index is 680. The van der Waals surface area contributed by atoms with E-state index < -0.39 is 10.1 Å². The fourth-order valence-electron chi connectivity index (χ4n) is 3.70. The highest BCUT2D eigenvalue weighted by Gasteiger charge is 2.21. The quantitative estimate of drug-likeness (QED) is 0.414.